The van der Waals surface area contributed by atoms with Crippen molar-refractivity contribution in [1.82, 2.24) is 10.5 Å². The quantitative estimate of drug-likeness (QED) is 0.919. The van der Waals surface area contributed by atoms with Gasteiger partial charge < -0.3 is 14.6 Å². The number of likely N-dealkylation sites (N-methyl/N-ethyl adjacent to an activating group) is 1. The third kappa shape index (κ3) is 2.41. The fraction of sp³-hybridized carbons (Fsp3) is 0.400. The average molecular weight is 258 g/mol. The third-order valence-electron chi connectivity index (χ3n) is 3.54. The number of hydrogen-bond donors (Lipinski definition) is 1. The zero-order valence-corrected chi connectivity index (χ0v) is 11.1. The van der Waals surface area contributed by atoms with Crippen molar-refractivity contribution >= 4 is 0 Å². The van der Waals surface area contributed by atoms with Gasteiger partial charge in [-0.1, -0.05) is 23.4 Å². The summed E-state index contributed by atoms with van der Waals surface area (Å²) >= 11 is 0. The minimum Gasteiger partial charge on any atom is -0.372 e. The largest absolute Gasteiger partial charge is 0.372 e. The molecule has 100 valence electrons. The van der Waals surface area contributed by atoms with Crippen molar-refractivity contribution in [3.63, 3.8) is 0 Å². The summed E-state index contributed by atoms with van der Waals surface area (Å²) in [5.74, 6) is 0.835. The van der Waals surface area contributed by atoms with Crippen LogP contribution >= 0.6 is 0 Å². The highest BCUT2D eigenvalue weighted by Gasteiger charge is 2.22. The molecule has 0 fully saturated rings. The van der Waals surface area contributed by atoms with E-state index < -0.39 is 0 Å². The molecule has 1 aliphatic rings. The van der Waals surface area contributed by atoms with Gasteiger partial charge in [0.1, 0.15) is 0 Å². The molecule has 2 aromatic rings. The second kappa shape index (κ2) is 5.55. The molecule has 19 heavy (non-hydrogen) atoms. The molecule has 1 aromatic carbocycles. The van der Waals surface area contributed by atoms with Gasteiger partial charge in [0.15, 0.2) is 5.76 Å². The summed E-state index contributed by atoms with van der Waals surface area (Å²) < 4.78 is 11.2. The van der Waals surface area contributed by atoms with Crippen LogP contribution in [0.2, 0.25) is 0 Å². The third-order valence-corrected chi connectivity index (χ3v) is 3.54. The minimum absolute atomic E-state index is 0.116. The van der Waals surface area contributed by atoms with Gasteiger partial charge in [0.2, 0.25) is 0 Å². The lowest BCUT2D eigenvalue weighted by Crippen LogP contribution is -2.19. The Morgan fingerprint density at radius 1 is 1.37 bits per heavy atom. The first kappa shape index (κ1) is 12.4. The number of rotatable bonds is 3. The van der Waals surface area contributed by atoms with Gasteiger partial charge in [-0.15, -0.1) is 0 Å². The summed E-state index contributed by atoms with van der Waals surface area (Å²) in [4.78, 5) is 0. The second-order valence-corrected chi connectivity index (χ2v) is 4.77. The summed E-state index contributed by atoms with van der Waals surface area (Å²) in [5, 5.41) is 7.01. The maximum atomic E-state index is 5.93. The molecular weight excluding hydrogens is 240 g/mol. The van der Waals surface area contributed by atoms with Crippen LogP contribution < -0.4 is 5.32 Å². The van der Waals surface area contributed by atoms with E-state index in [0.29, 0.717) is 0 Å². The number of benzene rings is 1. The molecule has 1 N–H and O–H groups in total. The van der Waals surface area contributed by atoms with Crippen LogP contribution in [-0.2, 0) is 11.2 Å². The standard InChI is InChI=1S/C15H18N2O2/c1-16-10-15-13-5-2-4-12(14-7-8-17-19-14)11(13)6-3-9-18-15/h2,4-5,7-8,15-16H,3,6,9-10H2,1H3/t15-/m0/s1. The fourth-order valence-corrected chi connectivity index (χ4v) is 2.69. The van der Waals surface area contributed by atoms with Gasteiger partial charge in [-0.05, 0) is 31.0 Å². The van der Waals surface area contributed by atoms with Gasteiger partial charge >= 0.3 is 0 Å². The molecule has 4 heteroatoms. The lowest BCUT2D eigenvalue weighted by atomic mass is 9.93. The average Bonchev–Trinajstić information content (AvgIpc) is 2.89. The van der Waals surface area contributed by atoms with Crippen molar-refractivity contribution in [2.75, 3.05) is 20.2 Å². The molecule has 1 atom stereocenters. The number of fused-ring (bicyclic) bond motifs is 1. The molecule has 0 amide bonds. The van der Waals surface area contributed by atoms with Crippen molar-refractivity contribution in [1.29, 1.82) is 0 Å². The van der Waals surface area contributed by atoms with Crippen LogP contribution in [-0.4, -0.2) is 25.4 Å². The molecule has 0 bridgehead atoms. The smallest absolute Gasteiger partial charge is 0.167 e. The van der Waals surface area contributed by atoms with Crippen LogP contribution in [0.4, 0.5) is 0 Å². The summed E-state index contributed by atoms with van der Waals surface area (Å²) in [5.41, 5.74) is 3.74. The first-order valence-corrected chi connectivity index (χ1v) is 6.69. The van der Waals surface area contributed by atoms with Crippen LogP contribution in [0.3, 0.4) is 0 Å². The fourth-order valence-electron chi connectivity index (χ4n) is 2.69. The van der Waals surface area contributed by atoms with E-state index in [1.165, 1.54) is 11.1 Å². The van der Waals surface area contributed by atoms with E-state index in [-0.39, 0.29) is 6.10 Å². The predicted octanol–water partition coefficient (Wildman–Crippen LogP) is 2.56. The van der Waals surface area contributed by atoms with E-state index in [0.717, 1.165) is 37.3 Å². The van der Waals surface area contributed by atoms with Gasteiger partial charge in [-0.2, -0.15) is 0 Å². The molecule has 0 unspecified atom stereocenters. The number of nitrogens with one attached hydrogen (secondary N) is 1. The Kier molecular flexibility index (Phi) is 3.62. The first-order chi connectivity index (χ1) is 9.40. The van der Waals surface area contributed by atoms with Crippen LogP contribution in [0.25, 0.3) is 11.3 Å². The maximum Gasteiger partial charge on any atom is 0.167 e. The van der Waals surface area contributed by atoms with Crippen molar-refractivity contribution in [3.05, 3.63) is 41.6 Å². The molecule has 1 aromatic heterocycles. The van der Waals surface area contributed by atoms with E-state index in [1.54, 1.807) is 6.20 Å². The number of aromatic nitrogens is 1. The molecule has 3 rings (SSSR count). The normalized spacial score (nSPS) is 18.9. The second-order valence-electron chi connectivity index (χ2n) is 4.77. The number of ether oxygens (including phenoxy) is 1. The van der Waals surface area contributed by atoms with E-state index in [2.05, 4.69) is 28.7 Å². The van der Waals surface area contributed by atoms with Gasteiger partial charge in [0, 0.05) is 24.8 Å². The predicted molar refractivity (Wildman–Crippen MR) is 72.9 cm³/mol. The highest BCUT2D eigenvalue weighted by molar-refractivity contribution is 5.64. The molecule has 0 saturated heterocycles. The Bertz CT molecular complexity index is 537. The highest BCUT2D eigenvalue weighted by atomic mass is 16.5. The lowest BCUT2D eigenvalue weighted by Gasteiger charge is -2.18. The Labute approximate surface area is 112 Å². The molecule has 2 heterocycles. The summed E-state index contributed by atoms with van der Waals surface area (Å²) in [6.45, 7) is 1.63. The van der Waals surface area contributed by atoms with Crippen LogP contribution in [0.5, 0.6) is 0 Å². The molecule has 0 spiro atoms. The van der Waals surface area contributed by atoms with Crippen LogP contribution in [0.15, 0.2) is 35.0 Å². The zero-order chi connectivity index (χ0) is 13.1. The van der Waals surface area contributed by atoms with Gasteiger partial charge in [0.25, 0.3) is 0 Å². The Morgan fingerprint density at radius 2 is 2.32 bits per heavy atom. The maximum absolute atomic E-state index is 5.93. The van der Waals surface area contributed by atoms with Gasteiger partial charge in [0.05, 0.1) is 12.3 Å². The van der Waals surface area contributed by atoms with E-state index in [1.807, 2.05) is 13.1 Å². The summed E-state index contributed by atoms with van der Waals surface area (Å²) in [7, 11) is 1.95. The Morgan fingerprint density at radius 3 is 3.11 bits per heavy atom. The number of nitrogens with zero attached hydrogens (tertiary/aromatic N) is 1. The molecule has 1 aliphatic heterocycles. The summed E-state index contributed by atoms with van der Waals surface area (Å²) in [6, 6.07) is 8.23. The SMILES string of the molecule is CNC[C@@H]1OCCCc2c(-c3ccno3)cccc21. The topological polar surface area (TPSA) is 47.3 Å². The van der Waals surface area contributed by atoms with Crippen LogP contribution in [0.1, 0.15) is 23.7 Å². The van der Waals surface area contributed by atoms with Crippen molar-refractivity contribution in [2.24, 2.45) is 0 Å². The van der Waals surface area contributed by atoms with Crippen molar-refractivity contribution in [3.8, 4) is 11.3 Å². The van der Waals surface area contributed by atoms with E-state index >= 15 is 0 Å². The van der Waals surface area contributed by atoms with E-state index in [9.17, 15) is 0 Å². The molecule has 0 saturated carbocycles. The number of hydrogen-bond acceptors (Lipinski definition) is 4. The van der Waals surface area contributed by atoms with Gasteiger partial charge in [-0.25, -0.2) is 0 Å². The van der Waals surface area contributed by atoms with E-state index in [4.69, 9.17) is 9.26 Å². The molecular formula is C15H18N2O2. The Balaban J connectivity index is 2.07. The highest BCUT2D eigenvalue weighted by Crippen LogP contribution is 2.33. The van der Waals surface area contributed by atoms with Crippen molar-refractivity contribution in [2.45, 2.75) is 18.9 Å². The zero-order valence-electron chi connectivity index (χ0n) is 11.1. The van der Waals surface area contributed by atoms with Crippen LogP contribution in [0, 0.1) is 0 Å². The lowest BCUT2D eigenvalue weighted by molar-refractivity contribution is 0.0579. The minimum atomic E-state index is 0.116. The first-order valence-electron chi connectivity index (χ1n) is 6.69. The molecule has 4 nitrogen and oxygen atoms in total. The summed E-state index contributed by atoms with van der Waals surface area (Å²) in [6.07, 6.45) is 3.86. The Hall–Kier alpha value is -1.65. The monoisotopic (exact) mass is 258 g/mol. The molecule has 0 aliphatic carbocycles. The molecule has 0 radical (unpaired) electrons. The van der Waals surface area contributed by atoms with Crippen molar-refractivity contribution < 1.29 is 9.26 Å². The van der Waals surface area contributed by atoms with Gasteiger partial charge in [-0.3, -0.25) is 0 Å².